The van der Waals surface area contributed by atoms with Crippen molar-refractivity contribution in [3.05, 3.63) is 21.7 Å². The van der Waals surface area contributed by atoms with E-state index in [0.29, 0.717) is 13.2 Å². The summed E-state index contributed by atoms with van der Waals surface area (Å²) in [7, 11) is 0. The lowest BCUT2D eigenvalue weighted by atomic mass is 9.98. The lowest BCUT2D eigenvalue weighted by molar-refractivity contribution is 0.170. The van der Waals surface area contributed by atoms with Gasteiger partial charge in [0.25, 0.3) is 0 Å². The van der Waals surface area contributed by atoms with Gasteiger partial charge in [-0.1, -0.05) is 15.9 Å². The summed E-state index contributed by atoms with van der Waals surface area (Å²) in [5.74, 6) is 1.69. The number of benzene rings is 1. The van der Waals surface area contributed by atoms with Crippen LogP contribution in [0.4, 0.5) is 0 Å². The Bertz CT molecular complexity index is 455. The van der Waals surface area contributed by atoms with E-state index in [0.717, 1.165) is 34.4 Å². The molecule has 2 N–H and O–H groups in total. The van der Waals surface area contributed by atoms with Crippen LogP contribution in [0.25, 0.3) is 0 Å². The summed E-state index contributed by atoms with van der Waals surface area (Å²) in [6, 6.07) is 1.98. The van der Waals surface area contributed by atoms with E-state index < -0.39 is 0 Å². The van der Waals surface area contributed by atoms with Crippen LogP contribution in [0.2, 0.25) is 0 Å². The number of ether oxygens (including phenoxy) is 2. The summed E-state index contributed by atoms with van der Waals surface area (Å²) >= 11 is 3.59. The van der Waals surface area contributed by atoms with Crippen molar-refractivity contribution in [3.63, 3.8) is 0 Å². The highest BCUT2D eigenvalue weighted by Crippen LogP contribution is 2.51. The van der Waals surface area contributed by atoms with Crippen LogP contribution in [0.1, 0.15) is 24.0 Å². The largest absolute Gasteiger partial charge is 0.486 e. The highest BCUT2D eigenvalue weighted by molar-refractivity contribution is 9.10. The average Bonchev–Trinajstić information content (AvgIpc) is 2.97. The van der Waals surface area contributed by atoms with Crippen molar-refractivity contribution in [2.45, 2.75) is 25.3 Å². The molecule has 0 atom stereocenters. The quantitative estimate of drug-likeness (QED) is 0.861. The first-order valence-electron chi connectivity index (χ1n) is 5.50. The lowest BCUT2D eigenvalue weighted by Crippen LogP contribution is -2.23. The molecule has 0 spiro atoms. The van der Waals surface area contributed by atoms with Crippen LogP contribution in [0, 0.1) is 6.92 Å². The van der Waals surface area contributed by atoms with Gasteiger partial charge in [-0.05, 0) is 31.4 Å². The summed E-state index contributed by atoms with van der Waals surface area (Å²) in [4.78, 5) is 0. The maximum Gasteiger partial charge on any atom is 0.164 e. The molecule has 1 heterocycles. The molecule has 1 fully saturated rings. The van der Waals surface area contributed by atoms with Gasteiger partial charge in [0.1, 0.15) is 13.2 Å². The number of fused-ring (bicyclic) bond motifs is 1. The van der Waals surface area contributed by atoms with Gasteiger partial charge < -0.3 is 15.2 Å². The van der Waals surface area contributed by atoms with Crippen LogP contribution in [0.15, 0.2) is 10.5 Å². The molecule has 0 bridgehead atoms. The minimum Gasteiger partial charge on any atom is -0.486 e. The van der Waals surface area contributed by atoms with Crippen molar-refractivity contribution in [1.82, 2.24) is 0 Å². The number of hydrogen-bond acceptors (Lipinski definition) is 3. The molecule has 2 aliphatic rings. The molecule has 4 heteroatoms. The summed E-state index contributed by atoms with van der Waals surface area (Å²) in [6.07, 6.45) is 2.10. The molecule has 0 unspecified atom stereocenters. The van der Waals surface area contributed by atoms with Gasteiger partial charge in [-0.15, -0.1) is 0 Å². The second kappa shape index (κ2) is 3.37. The van der Waals surface area contributed by atoms with Gasteiger partial charge in [0.15, 0.2) is 11.5 Å². The summed E-state index contributed by atoms with van der Waals surface area (Å²) in [5, 5.41) is 0. The molecular weight excluding hydrogens is 270 g/mol. The molecule has 0 saturated heterocycles. The van der Waals surface area contributed by atoms with E-state index >= 15 is 0 Å². The summed E-state index contributed by atoms with van der Waals surface area (Å²) in [6.45, 7) is 3.29. The number of rotatable bonds is 1. The zero-order valence-electron chi connectivity index (χ0n) is 9.18. The number of nitrogens with two attached hydrogens (primary N) is 1. The first-order valence-corrected chi connectivity index (χ1v) is 6.29. The van der Waals surface area contributed by atoms with E-state index in [9.17, 15) is 0 Å². The molecule has 3 rings (SSSR count). The van der Waals surface area contributed by atoms with Gasteiger partial charge >= 0.3 is 0 Å². The fraction of sp³-hybridized carbons (Fsp3) is 0.500. The molecule has 1 aliphatic heterocycles. The summed E-state index contributed by atoms with van der Waals surface area (Å²) < 4.78 is 12.3. The van der Waals surface area contributed by atoms with Crippen molar-refractivity contribution in [2.24, 2.45) is 5.73 Å². The van der Waals surface area contributed by atoms with Gasteiger partial charge in [-0.3, -0.25) is 0 Å². The third-order valence-corrected chi connectivity index (χ3v) is 3.94. The average molecular weight is 284 g/mol. The lowest BCUT2D eigenvalue weighted by Gasteiger charge is -2.24. The van der Waals surface area contributed by atoms with Gasteiger partial charge in [-0.25, -0.2) is 0 Å². The number of halogens is 1. The Labute approximate surface area is 103 Å². The van der Waals surface area contributed by atoms with Gasteiger partial charge in [0, 0.05) is 15.6 Å². The fourth-order valence-corrected chi connectivity index (χ4v) is 3.21. The van der Waals surface area contributed by atoms with Crippen molar-refractivity contribution in [1.29, 1.82) is 0 Å². The summed E-state index contributed by atoms with van der Waals surface area (Å²) in [5.41, 5.74) is 8.41. The first-order chi connectivity index (χ1) is 7.62. The minimum atomic E-state index is -0.154. The molecule has 0 amide bonds. The Morgan fingerprint density at radius 3 is 2.69 bits per heavy atom. The Hall–Kier alpha value is -0.740. The van der Waals surface area contributed by atoms with Crippen LogP contribution in [-0.4, -0.2) is 13.2 Å². The van der Waals surface area contributed by atoms with Gasteiger partial charge in [0.05, 0.1) is 0 Å². The third kappa shape index (κ3) is 1.44. The Morgan fingerprint density at radius 1 is 1.31 bits per heavy atom. The van der Waals surface area contributed by atoms with E-state index in [4.69, 9.17) is 15.2 Å². The molecule has 86 valence electrons. The van der Waals surface area contributed by atoms with E-state index in [1.54, 1.807) is 0 Å². The van der Waals surface area contributed by atoms with Crippen molar-refractivity contribution in [3.8, 4) is 11.5 Å². The molecule has 16 heavy (non-hydrogen) atoms. The molecule has 0 radical (unpaired) electrons. The van der Waals surface area contributed by atoms with E-state index in [-0.39, 0.29) is 5.54 Å². The maximum atomic E-state index is 6.28. The Kier molecular flexibility index (Phi) is 2.20. The Morgan fingerprint density at radius 2 is 2.00 bits per heavy atom. The highest BCUT2D eigenvalue weighted by Gasteiger charge is 2.43. The molecule has 0 aromatic heterocycles. The molecule has 3 nitrogen and oxygen atoms in total. The smallest absolute Gasteiger partial charge is 0.164 e. The standard InChI is InChI=1S/C12H14BrNO2/c1-7-10(12(14)2-3-12)8(13)6-9-11(7)16-5-4-15-9/h6H,2-5,14H2,1H3. The second-order valence-corrected chi connectivity index (χ2v) is 5.39. The number of hydrogen-bond donors (Lipinski definition) is 1. The van der Waals surface area contributed by atoms with Crippen LogP contribution < -0.4 is 15.2 Å². The van der Waals surface area contributed by atoms with Crippen molar-refractivity contribution >= 4 is 15.9 Å². The molecule has 1 aliphatic carbocycles. The third-order valence-electron chi connectivity index (χ3n) is 3.31. The zero-order valence-corrected chi connectivity index (χ0v) is 10.8. The Balaban J connectivity index is 2.18. The van der Waals surface area contributed by atoms with Crippen LogP contribution in [-0.2, 0) is 5.54 Å². The molecular formula is C12H14BrNO2. The van der Waals surface area contributed by atoms with Crippen LogP contribution >= 0.6 is 15.9 Å². The fourth-order valence-electron chi connectivity index (χ4n) is 2.31. The minimum absolute atomic E-state index is 0.154. The van der Waals surface area contributed by atoms with Crippen LogP contribution in [0.5, 0.6) is 11.5 Å². The van der Waals surface area contributed by atoms with E-state index in [1.807, 2.05) is 6.07 Å². The zero-order chi connectivity index (χ0) is 11.3. The maximum absolute atomic E-state index is 6.28. The van der Waals surface area contributed by atoms with Crippen molar-refractivity contribution < 1.29 is 9.47 Å². The molecule has 1 aromatic rings. The van der Waals surface area contributed by atoms with E-state index in [1.165, 1.54) is 5.56 Å². The SMILES string of the molecule is Cc1c2c(cc(Br)c1C1(N)CC1)OCCO2. The second-order valence-electron chi connectivity index (χ2n) is 4.54. The van der Waals surface area contributed by atoms with Crippen LogP contribution in [0.3, 0.4) is 0 Å². The topological polar surface area (TPSA) is 44.5 Å². The van der Waals surface area contributed by atoms with Gasteiger partial charge in [-0.2, -0.15) is 0 Å². The monoisotopic (exact) mass is 283 g/mol. The van der Waals surface area contributed by atoms with Crippen molar-refractivity contribution in [2.75, 3.05) is 13.2 Å². The highest BCUT2D eigenvalue weighted by atomic mass is 79.9. The molecule has 1 saturated carbocycles. The molecule has 1 aromatic carbocycles. The van der Waals surface area contributed by atoms with Gasteiger partial charge in [0.2, 0.25) is 0 Å². The first kappa shape index (κ1) is 10.4. The predicted octanol–water partition coefficient (Wildman–Crippen LogP) is 2.48. The predicted molar refractivity (Wildman–Crippen MR) is 65.0 cm³/mol. The normalized spacial score (nSPS) is 20.7. The van der Waals surface area contributed by atoms with E-state index in [2.05, 4.69) is 22.9 Å².